The van der Waals surface area contributed by atoms with Crippen molar-refractivity contribution in [3.05, 3.63) is 54.0 Å². The average molecular weight is 472 g/mol. The first kappa shape index (κ1) is 22.3. The number of para-hydroxylation sites is 1. The van der Waals surface area contributed by atoms with Crippen molar-refractivity contribution in [2.24, 2.45) is 4.99 Å². The number of furan rings is 1. The van der Waals surface area contributed by atoms with E-state index >= 15 is 0 Å². The number of guanidine groups is 1. The third-order valence-electron chi connectivity index (χ3n) is 4.12. The number of aliphatic imine (C=N–C) groups is 1. The van der Waals surface area contributed by atoms with Crippen molar-refractivity contribution in [3.8, 4) is 5.75 Å². The van der Waals surface area contributed by atoms with Gasteiger partial charge in [-0.25, -0.2) is 0 Å². The van der Waals surface area contributed by atoms with Crippen LogP contribution in [-0.2, 0) is 6.54 Å². The Hall–Kier alpha value is -1.74. The van der Waals surface area contributed by atoms with Crippen LogP contribution in [0.1, 0.15) is 17.4 Å². The fraction of sp³-hybridized carbons (Fsp3) is 0.421. The molecule has 26 heavy (non-hydrogen) atoms. The summed E-state index contributed by atoms with van der Waals surface area (Å²) in [5, 5.41) is 3.43. The standard InChI is InChI=1S/C19H28N4O2.HI/c1-20-19(21-13-16(22(2)3)18-11-8-12-25-18)23(4)14-15-9-6-7-10-17(15)24-5;/h6-12,16H,13-14H2,1-5H3,(H,20,21);1H. The van der Waals surface area contributed by atoms with E-state index in [4.69, 9.17) is 9.15 Å². The molecule has 0 amide bonds. The Morgan fingerprint density at radius 1 is 1.19 bits per heavy atom. The molecule has 144 valence electrons. The maximum Gasteiger partial charge on any atom is 0.193 e. The van der Waals surface area contributed by atoms with Gasteiger partial charge in [0.1, 0.15) is 11.5 Å². The molecule has 1 heterocycles. The molecule has 7 heteroatoms. The van der Waals surface area contributed by atoms with Gasteiger partial charge in [-0.3, -0.25) is 9.89 Å². The van der Waals surface area contributed by atoms with Gasteiger partial charge < -0.3 is 19.4 Å². The summed E-state index contributed by atoms with van der Waals surface area (Å²) in [6, 6.07) is 12.1. The van der Waals surface area contributed by atoms with Gasteiger partial charge in [0.15, 0.2) is 5.96 Å². The zero-order valence-corrected chi connectivity index (χ0v) is 18.4. The van der Waals surface area contributed by atoms with Crippen LogP contribution < -0.4 is 10.1 Å². The number of halogens is 1. The first-order chi connectivity index (χ1) is 12.1. The van der Waals surface area contributed by atoms with Crippen LogP contribution in [0.15, 0.2) is 52.1 Å². The number of nitrogens with one attached hydrogen (secondary N) is 1. The summed E-state index contributed by atoms with van der Waals surface area (Å²) >= 11 is 0. The molecule has 1 aromatic heterocycles. The minimum Gasteiger partial charge on any atom is -0.496 e. The van der Waals surface area contributed by atoms with Crippen molar-refractivity contribution in [2.45, 2.75) is 12.6 Å². The lowest BCUT2D eigenvalue weighted by atomic mass is 10.2. The quantitative estimate of drug-likeness (QED) is 0.381. The predicted molar refractivity (Wildman–Crippen MR) is 116 cm³/mol. The summed E-state index contributed by atoms with van der Waals surface area (Å²) in [4.78, 5) is 8.59. The highest BCUT2D eigenvalue weighted by molar-refractivity contribution is 14.0. The molecule has 0 bridgehead atoms. The number of benzene rings is 1. The van der Waals surface area contributed by atoms with Gasteiger partial charge in [-0.05, 0) is 32.3 Å². The van der Waals surface area contributed by atoms with E-state index in [2.05, 4.69) is 26.2 Å². The highest BCUT2D eigenvalue weighted by Crippen LogP contribution is 2.20. The van der Waals surface area contributed by atoms with Gasteiger partial charge >= 0.3 is 0 Å². The van der Waals surface area contributed by atoms with Crippen LogP contribution in [0.3, 0.4) is 0 Å². The zero-order valence-electron chi connectivity index (χ0n) is 16.1. The predicted octanol–water partition coefficient (Wildman–Crippen LogP) is 3.22. The average Bonchev–Trinajstić information content (AvgIpc) is 3.13. The minimum absolute atomic E-state index is 0. The number of methoxy groups -OCH3 is 1. The van der Waals surface area contributed by atoms with Crippen molar-refractivity contribution in [1.82, 2.24) is 15.1 Å². The van der Waals surface area contributed by atoms with Crippen molar-refractivity contribution in [2.75, 3.05) is 41.8 Å². The first-order valence-electron chi connectivity index (χ1n) is 8.30. The van der Waals surface area contributed by atoms with Gasteiger partial charge in [-0.2, -0.15) is 0 Å². The molecule has 0 aliphatic carbocycles. The Bertz CT molecular complexity index is 674. The topological polar surface area (TPSA) is 53.2 Å². The fourth-order valence-electron chi connectivity index (χ4n) is 2.76. The Morgan fingerprint density at radius 3 is 2.50 bits per heavy atom. The molecule has 0 aliphatic heterocycles. The van der Waals surface area contributed by atoms with Crippen molar-refractivity contribution in [1.29, 1.82) is 0 Å². The van der Waals surface area contributed by atoms with E-state index in [1.165, 1.54) is 0 Å². The summed E-state index contributed by atoms with van der Waals surface area (Å²) in [5.74, 6) is 2.64. The second-order valence-corrected chi connectivity index (χ2v) is 6.09. The second-order valence-electron chi connectivity index (χ2n) is 6.09. The Labute approximate surface area is 173 Å². The molecule has 0 aliphatic rings. The lowest BCUT2D eigenvalue weighted by Crippen LogP contribution is -2.42. The first-order valence-corrected chi connectivity index (χ1v) is 8.30. The SMILES string of the molecule is CN=C(NCC(c1ccco1)N(C)C)N(C)Cc1ccccc1OC.I. The van der Waals surface area contributed by atoms with Crippen LogP contribution in [0.4, 0.5) is 0 Å². The summed E-state index contributed by atoms with van der Waals surface area (Å²) < 4.78 is 11.0. The Balaban J connectivity index is 0.00000338. The van der Waals surface area contributed by atoms with Crippen LogP contribution in [-0.4, -0.2) is 57.6 Å². The number of hydrogen-bond acceptors (Lipinski definition) is 4. The van der Waals surface area contributed by atoms with Gasteiger partial charge in [0.25, 0.3) is 0 Å². The molecule has 0 radical (unpaired) electrons. The number of likely N-dealkylation sites (N-methyl/N-ethyl adjacent to an activating group) is 1. The van der Waals surface area contributed by atoms with E-state index in [0.29, 0.717) is 13.1 Å². The summed E-state index contributed by atoms with van der Waals surface area (Å²) in [7, 11) is 9.57. The van der Waals surface area contributed by atoms with Gasteiger partial charge in [0, 0.05) is 32.7 Å². The number of nitrogens with zero attached hydrogens (tertiary/aromatic N) is 3. The number of ether oxygens (including phenoxy) is 1. The van der Waals surface area contributed by atoms with Crippen molar-refractivity contribution >= 4 is 29.9 Å². The molecule has 0 fully saturated rings. The van der Waals surface area contributed by atoms with E-state index in [1.807, 2.05) is 51.5 Å². The van der Waals surface area contributed by atoms with Crippen molar-refractivity contribution in [3.63, 3.8) is 0 Å². The maximum absolute atomic E-state index is 5.56. The van der Waals surface area contributed by atoms with E-state index in [9.17, 15) is 0 Å². The summed E-state index contributed by atoms with van der Waals surface area (Å²) in [5.41, 5.74) is 1.12. The van der Waals surface area contributed by atoms with E-state index in [0.717, 1.165) is 23.0 Å². The molecular formula is C19H29IN4O2. The van der Waals surface area contributed by atoms with Crippen LogP contribution in [0.2, 0.25) is 0 Å². The molecule has 0 spiro atoms. The van der Waals surface area contributed by atoms with Gasteiger partial charge in [-0.15, -0.1) is 24.0 Å². The fourth-order valence-corrected chi connectivity index (χ4v) is 2.76. The lowest BCUT2D eigenvalue weighted by molar-refractivity contribution is 0.256. The molecule has 0 saturated heterocycles. The monoisotopic (exact) mass is 472 g/mol. The molecule has 1 N–H and O–H groups in total. The molecular weight excluding hydrogens is 443 g/mol. The van der Waals surface area contributed by atoms with Gasteiger partial charge in [0.2, 0.25) is 0 Å². The minimum atomic E-state index is 0. The highest BCUT2D eigenvalue weighted by atomic mass is 127. The zero-order chi connectivity index (χ0) is 18.2. The third kappa shape index (κ3) is 5.91. The molecule has 2 rings (SSSR count). The van der Waals surface area contributed by atoms with Crippen LogP contribution >= 0.6 is 24.0 Å². The van der Waals surface area contributed by atoms with Crippen LogP contribution in [0.25, 0.3) is 0 Å². The van der Waals surface area contributed by atoms with Crippen LogP contribution in [0, 0.1) is 0 Å². The molecule has 6 nitrogen and oxygen atoms in total. The Morgan fingerprint density at radius 2 is 1.92 bits per heavy atom. The smallest absolute Gasteiger partial charge is 0.193 e. The lowest BCUT2D eigenvalue weighted by Gasteiger charge is -2.27. The molecule has 0 saturated carbocycles. The largest absolute Gasteiger partial charge is 0.496 e. The highest BCUT2D eigenvalue weighted by Gasteiger charge is 2.18. The molecule has 1 aromatic carbocycles. The summed E-state index contributed by atoms with van der Waals surface area (Å²) in [6.45, 7) is 1.40. The van der Waals surface area contributed by atoms with E-state index < -0.39 is 0 Å². The van der Waals surface area contributed by atoms with E-state index in [-0.39, 0.29) is 30.0 Å². The number of hydrogen-bond donors (Lipinski definition) is 1. The van der Waals surface area contributed by atoms with Crippen molar-refractivity contribution < 1.29 is 9.15 Å². The third-order valence-corrected chi connectivity index (χ3v) is 4.12. The van der Waals surface area contributed by atoms with Gasteiger partial charge in [0.05, 0.1) is 19.4 Å². The van der Waals surface area contributed by atoms with Crippen LogP contribution in [0.5, 0.6) is 5.75 Å². The maximum atomic E-state index is 5.56. The number of rotatable bonds is 7. The molecule has 2 aromatic rings. The molecule has 1 atom stereocenters. The second kappa shape index (κ2) is 11.1. The molecule has 1 unspecified atom stereocenters. The van der Waals surface area contributed by atoms with Gasteiger partial charge in [-0.1, -0.05) is 18.2 Å². The summed E-state index contributed by atoms with van der Waals surface area (Å²) in [6.07, 6.45) is 1.70. The normalized spacial score (nSPS) is 12.5. The van der Waals surface area contributed by atoms with E-state index in [1.54, 1.807) is 20.4 Å². The Kier molecular flexibility index (Phi) is 9.50.